The molecule has 0 spiro atoms. The van der Waals surface area contributed by atoms with Crippen LogP contribution >= 0.6 is 0 Å². The number of ether oxygens (including phenoxy) is 2. The molecule has 0 aliphatic rings. The maximum Gasteiger partial charge on any atom is 0.130 e. The molecule has 0 aromatic heterocycles. The molecule has 0 bridgehead atoms. The van der Waals surface area contributed by atoms with E-state index < -0.39 is 5.97 Å². The minimum absolute atomic E-state index is 0.0591. The van der Waals surface area contributed by atoms with E-state index in [1.807, 2.05) is 18.2 Å². The fourth-order valence-electron chi connectivity index (χ4n) is 3.50. The first-order valence-electron chi connectivity index (χ1n) is 11.3. The van der Waals surface area contributed by atoms with Crippen molar-refractivity contribution >= 4 is 12.0 Å². The fourth-order valence-corrected chi connectivity index (χ4v) is 3.50. The summed E-state index contributed by atoms with van der Waals surface area (Å²) in [6.07, 6.45) is 4.59. The highest BCUT2D eigenvalue weighted by molar-refractivity contribution is 5.85. The van der Waals surface area contributed by atoms with E-state index in [9.17, 15) is 9.90 Å². The van der Waals surface area contributed by atoms with Gasteiger partial charge in [0.05, 0.1) is 19.7 Å². The second kappa shape index (κ2) is 10.2. The van der Waals surface area contributed by atoms with Crippen LogP contribution < -0.4 is 14.6 Å². The summed E-state index contributed by atoms with van der Waals surface area (Å²) in [6, 6.07) is 10.1. The van der Waals surface area contributed by atoms with Crippen LogP contribution in [0.3, 0.4) is 0 Å². The molecule has 0 N–H and O–H groups in total. The molecular formula is C28H37O4-. The Bertz CT molecular complexity index is 972. The number of benzene rings is 2. The molecule has 0 amide bonds. The summed E-state index contributed by atoms with van der Waals surface area (Å²) in [5, 5.41) is 10.9. The van der Waals surface area contributed by atoms with Crippen LogP contribution in [-0.2, 0) is 15.6 Å². The molecule has 0 unspecified atom stereocenters. The SMILES string of the molecule is CCCCOc1c(-c2cc(/C=C/C(=O)[O-])ccc2OC)cc(C(C)(C)C)cc1C(C)(C)C. The highest BCUT2D eigenvalue weighted by Crippen LogP contribution is 2.45. The lowest BCUT2D eigenvalue weighted by Crippen LogP contribution is -2.19. The van der Waals surface area contributed by atoms with E-state index in [2.05, 4.69) is 60.6 Å². The number of hydrogen-bond donors (Lipinski definition) is 0. The van der Waals surface area contributed by atoms with Crippen molar-refractivity contribution in [2.45, 2.75) is 72.1 Å². The first-order valence-corrected chi connectivity index (χ1v) is 11.3. The average Bonchev–Trinajstić information content (AvgIpc) is 2.70. The van der Waals surface area contributed by atoms with Gasteiger partial charge in [0.2, 0.25) is 0 Å². The fraction of sp³-hybridized carbons (Fsp3) is 0.464. The Morgan fingerprint density at radius 3 is 2.22 bits per heavy atom. The second-order valence-electron chi connectivity index (χ2n) is 10.2. The molecule has 4 nitrogen and oxygen atoms in total. The third-order valence-corrected chi connectivity index (χ3v) is 5.43. The van der Waals surface area contributed by atoms with Gasteiger partial charge in [0.1, 0.15) is 11.5 Å². The van der Waals surface area contributed by atoms with E-state index in [-0.39, 0.29) is 10.8 Å². The number of carboxylic acids is 1. The van der Waals surface area contributed by atoms with Gasteiger partial charge in [-0.25, -0.2) is 0 Å². The molecule has 0 radical (unpaired) electrons. The van der Waals surface area contributed by atoms with Crippen LogP contribution in [0.5, 0.6) is 11.5 Å². The number of aliphatic carboxylic acids is 1. The van der Waals surface area contributed by atoms with E-state index in [1.54, 1.807) is 7.11 Å². The summed E-state index contributed by atoms with van der Waals surface area (Å²) in [4.78, 5) is 10.9. The summed E-state index contributed by atoms with van der Waals surface area (Å²) in [7, 11) is 1.64. The first-order chi connectivity index (χ1) is 14.9. The number of carbonyl (C=O) groups excluding carboxylic acids is 1. The molecule has 2 aromatic carbocycles. The van der Waals surface area contributed by atoms with Gasteiger partial charge in [-0.3, -0.25) is 0 Å². The zero-order chi connectivity index (χ0) is 24.1. The van der Waals surface area contributed by atoms with Gasteiger partial charge in [-0.2, -0.15) is 0 Å². The zero-order valence-electron chi connectivity index (χ0n) is 20.8. The third-order valence-electron chi connectivity index (χ3n) is 5.43. The van der Waals surface area contributed by atoms with E-state index in [0.717, 1.165) is 46.9 Å². The molecule has 0 aliphatic carbocycles. The molecule has 0 aliphatic heterocycles. The molecule has 2 aromatic rings. The van der Waals surface area contributed by atoms with Gasteiger partial charge >= 0.3 is 0 Å². The van der Waals surface area contributed by atoms with Crippen LogP contribution in [0.2, 0.25) is 0 Å². The summed E-state index contributed by atoms with van der Waals surface area (Å²) in [6.45, 7) is 16.0. The van der Waals surface area contributed by atoms with Crippen molar-refractivity contribution in [3.63, 3.8) is 0 Å². The van der Waals surface area contributed by atoms with Crippen LogP contribution in [-0.4, -0.2) is 19.7 Å². The highest BCUT2D eigenvalue weighted by Gasteiger charge is 2.27. The maximum atomic E-state index is 10.9. The van der Waals surface area contributed by atoms with Crippen molar-refractivity contribution in [3.05, 3.63) is 53.1 Å². The van der Waals surface area contributed by atoms with Gasteiger partial charge in [0, 0.05) is 16.7 Å². The molecule has 0 atom stereocenters. The number of hydrogen-bond acceptors (Lipinski definition) is 4. The Balaban J connectivity index is 2.87. The largest absolute Gasteiger partial charge is 0.545 e. The van der Waals surface area contributed by atoms with Crippen molar-refractivity contribution in [3.8, 4) is 22.6 Å². The molecule has 0 fully saturated rings. The van der Waals surface area contributed by atoms with Gasteiger partial charge in [-0.15, -0.1) is 0 Å². The van der Waals surface area contributed by atoms with Gasteiger partial charge in [-0.1, -0.05) is 73.1 Å². The van der Waals surface area contributed by atoms with E-state index in [1.165, 1.54) is 11.6 Å². The lowest BCUT2D eigenvalue weighted by molar-refractivity contribution is -0.297. The molecule has 0 heterocycles. The Morgan fingerprint density at radius 1 is 1.00 bits per heavy atom. The Labute approximate surface area is 193 Å². The van der Waals surface area contributed by atoms with Crippen molar-refractivity contribution in [2.24, 2.45) is 0 Å². The lowest BCUT2D eigenvalue weighted by atomic mass is 9.78. The normalized spacial score (nSPS) is 12.2. The quantitative estimate of drug-likeness (QED) is 0.381. The predicted octanol–water partition coefficient (Wildman–Crippen LogP) is 5.90. The minimum Gasteiger partial charge on any atom is -0.545 e. The van der Waals surface area contributed by atoms with Crippen LogP contribution in [0.25, 0.3) is 17.2 Å². The Kier molecular flexibility index (Phi) is 8.17. The van der Waals surface area contributed by atoms with Crippen LogP contribution in [0.1, 0.15) is 78.0 Å². The van der Waals surface area contributed by atoms with Gasteiger partial charge in [-0.05, 0) is 52.7 Å². The molecule has 32 heavy (non-hydrogen) atoms. The summed E-state index contributed by atoms with van der Waals surface area (Å²) < 4.78 is 12.1. The van der Waals surface area contributed by atoms with E-state index in [4.69, 9.17) is 9.47 Å². The molecule has 0 saturated heterocycles. The van der Waals surface area contributed by atoms with Gasteiger partial charge in [0.15, 0.2) is 0 Å². The van der Waals surface area contributed by atoms with Crippen molar-refractivity contribution < 1.29 is 19.4 Å². The standard InChI is InChI=1S/C28H38O4/c1-9-10-15-32-26-22(17-20(27(2,3)4)18-23(26)28(5,6)7)21-16-19(12-14-25(29)30)11-13-24(21)31-8/h11-14,16-18H,9-10,15H2,1-8H3,(H,29,30)/p-1/b14-12+. The van der Waals surface area contributed by atoms with E-state index >= 15 is 0 Å². The van der Waals surface area contributed by atoms with E-state index in [0.29, 0.717) is 12.4 Å². The monoisotopic (exact) mass is 437 g/mol. The van der Waals surface area contributed by atoms with Crippen molar-refractivity contribution in [2.75, 3.05) is 13.7 Å². The molecular weight excluding hydrogens is 400 g/mol. The number of unbranched alkanes of at least 4 members (excludes halogenated alkanes) is 1. The number of carbonyl (C=O) groups is 1. The number of carboxylic acid groups (broad SMARTS) is 1. The first kappa shape index (κ1) is 25.5. The van der Waals surface area contributed by atoms with Crippen molar-refractivity contribution in [1.82, 2.24) is 0 Å². The maximum absolute atomic E-state index is 10.9. The predicted molar refractivity (Wildman–Crippen MR) is 130 cm³/mol. The average molecular weight is 438 g/mol. The Hall–Kier alpha value is -2.75. The molecule has 0 saturated carbocycles. The summed E-state index contributed by atoms with van der Waals surface area (Å²) in [5.41, 5.74) is 4.75. The topological polar surface area (TPSA) is 58.6 Å². The van der Waals surface area contributed by atoms with Crippen LogP contribution in [0.4, 0.5) is 0 Å². The third kappa shape index (κ3) is 6.38. The highest BCUT2D eigenvalue weighted by atomic mass is 16.5. The zero-order valence-corrected chi connectivity index (χ0v) is 20.8. The second-order valence-corrected chi connectivity index (χ2v) is 10.2. The smallest absolute Gasteiger partial charge is 0.130 e. The summed E-state index contributed by atoms with van der Waals surface area (Å²) in [5.74, 6) is 0.343. The summed E-state index contributed by atoms with van der Waals surface area (Å²) >= 11 is 0. The van der Waals surface area contributed by atoms with Crippen LogP contribution in [0, 0.1) is 0 Å². The lowest BCUT2D eigenvalue weighted by Gasteiger charge is -2.30. The minimum atomic E-state index is -1.23. The Morgan fingerprint density at radius 2 is 1.69 bits per heavy atom. The number of rotatable bonds is 8. The molecule has 4 heteroatoms. The molecule has 174 valence electrons. The van der Waals surface area contributed by atoms with Crippen LogP contribution in [0.15, 0.2) is 36.4 Å². The molecule has 2 rings (SSSR count). The van der Waals surface area contributed by atoms with Gasteiger partial charge in [0.25, 0.3) is 0 Å². The van der Waals surface area contributed by atoms with Gasteiger partial charge < -0.3 is 19.4 Å². The number of methoxy groups -OCH3 is 1. The van der Waals surface area contributed by atoms with Crippen molar-refractivity contribution in [1.29, 1.82) is 0 Å².